The number of H-pyrrole nitrogens is 1. The third kappa shape index (κ3) is 4.80. The van der Waals surface area contributed by atoms with Crippen molar-refractivity contribution >= 4 is 21.2 Å². The van der Waals surface area contributed by atoms with Gasteiger partial charge in [0.2, 0.25) is 0 Å². The lowest BCUT2D eigenvalue weighted by molar-refractivity contribution is 0.172. The van der Waals surface area contributed by atoms with Crippen LogP contribution >= 0.6 is 11.3 Å². The Balaban J connectivity index is 1.50. The maximum atomic E-state index is 11.8. The minimum atomic E-state index is -3.12. The Labute approximate surface area is 152 Å². The summed E-state index contributed by atoms with van der Waals surface area (Å²) < 4.78 is 23.6. The number of nitrogens with one attached hydrogen (secondary N) is 1. The number of sulfone groups is 1. The van der Waals surface area contributed by atoms with Crippen molar-refractivity contribution in [3.05, 3.63) is 50.6 Å². The van der Waals surface area contributed by atoms with Gasteiger partial charge in [-0.3, -0.25) is 9.69 Å². The second-order valence-corrected chi connectivity index (χ2v) is 9.75. The number of nitrogens with zero attached hydrogens (tertiary/aromatic N) is 1. The highest BCUT2D eigenvalue weighted by molar-refractivity contribution is 7.90. The molecule has 1 aliphatic rings. The van der Waals surface area contributed by atoms with Crippen molar-refractivity contribution in [3.63, 3.8) is 0 Å². The van der Waals surface area contributed by atoms with E-state index in [4.69, 9.17) is 0 Å². The van der Waals surface area contributed by atoms with Gasteiger partial charge in [0.25, 0.3) is 5.56 Å². The number of likely N-dealkylation sites (tertiary alicyclic amines) is 1. The molecule has 0 spiro atoms. The Morgan fingerprint density at radius 3 is 2.72 bits per heavy atom. The van der Waals surface area contributed by atoms with Crippen LogP contribution in [0.3, 0.4) is 0 Å². The van der Waals surface area contributed by atoms with Crippen LogP contribution in [0.5, 0.6) is 0 Å². The zero-order valence-corrected chi connectivity index (χ0v) is 16.0. The molecule has 0 bridgehead atoms. The molecule has 2 aromatic heterocycles. The number of aryl methyl sites for hydroxylation is 1. The number of piperidine rings is 1. The molecule has 1 N–H and O–H groups in total. The maximum absolute atomic E-state index is 11.8. The number of hydrogen-bond donors (Lipinski definition) is 1. The first-order valence-corrected chi connectivity index (χ1v) is 11.4. The zero-order valence-electron chi connectivity index (χ0n) is 14.4. The van der Waals surface area contributed by atoms with Crippen molar-refractivity contribution in [2.45, 2.75) is 37.1 Å². The Hall–Kier alpha value is -1.44. The average Bonchev–Trinajstić information content (AvgIpc) is 3.05. The molecule has 0 aromatic carbocycles. The molecule has 3 heterocycles. The number of aromatic nitrogens is 1. The van der Waals surface area contributed by atoms with Crippen molar-refractivity contribution in [1.29, 1.82) is 0 Å². The summed E-state index contributed by atoms with van der Waals surface area (Å²) in [6.45, 7) is 2.68. The lowest BCUT2D eigenvalue weighted by Gasteiger charge is -2.31. The quantitative estimate of drug-likeness (QED) is 0.836. The van der Waals surface area contributed by atoms with Crippen LogP contribution in [0.2, 0.25) is 0 Å². The summed E-state index contributed by atoms with van der Waals surface area (Å²) in [5.41, 5.74) is 0.813. The molecule has 7 heteroatoms. The van der Waals surface area contributed by atoms with E-state index in [-0.39, 0.29) is 5.56 Å². The number of pyridine rings is 1. The van der Waals surface area contributed by atoms with Gasteiger partial charge in [-0.1, -0.05) is 6.07 Å². The van der Waals surface area contributed by atoms with E-state index in [0.29, 0.717) is 17.4 Å². The van der Waals surface area contributed by atoms with Crippen LogP contribution in [-0.2, 0) is 22.8 Å². The van der Waals surface area contributed by atoms with Crippen molar-refractivity contribution < 1.29 is 8.42 Å². The van der Waals surface area contributed by atoms with Crippen molar-refractivity contribution in [2.75, 3.05) is 19.3 Å². The smallest absolute Gasteiger partial charge is 0.252 e. The van der Waals surface area contributed by atoms with Crippen LogP contribution in [0.15, 0.2) is 39.5 Å². The summed E-state index contributed by atoms with van der Waals surface area (Å²) in [5.74, 6) is 0.625. The summed E-state index contributed by atoms with van der Waals surface area (Å²) in [7, 11) is -3.12. The van der Waals surface area contributed by atoms with Gasteiger partial charge in [-0.25, -0.2) is 8.42 Å². The average molecular weight is 381 g/mol. The van der Waals surface area contributed by atoms with Gasteiger partial charge in [0, 0.05) is 29.4 Å². The fourth-order valence-corrected chi connectivity index (χ4v) is 5.74. The molecule has 1 saturated heterocycles. The zero-order chi connectivity index (χ0) is 17.9. The topological polar surface area (TPSA) is 70.2 Å². The second-order valence-electron chi connectivity index (χ2n) is 6.76. The van der Waals surface area contributed by atoms with Gasteiger partial charge < -0.3 is 4.98 Å². The lowest BCUT2D eigenvalue weighted by atomic mass is 9.91. The Morgan fingerprint density at radius 1 is 1.28 bits per heavy atom. The van der Waals surface area contributed by atoms with Gasteiger partial charge in [0.05, 0.1) is 4.90 Å². The Bertz CT molecular complexity index is 862. The van der Waals surface area contributed by atoms with Gasteiger partial charge in [0.1, 0.15) is 0 Å². The number of hydrogen-bond acceptors (Lipinski definition) is 5. The summed E-state index contributed by atoms with van der Waals surface area (Å²) in [6.07, 6.45) is 7.01. The monoisotopic (exact) mass is 380 g/mol. The van der Waals surface area contributed by atoms with E-state index in [0.717, 1.165) is 49.2 Å². The molecule has 0 radical (unpaired) electrons. The molecule has 0 aliphatic carbocycles. The fraction of sp³-hybridized carbons (Fsp3) is 0.500. The first-order valence-electron chi connectivity index (χ1n) is 8.59. The standard InChI is InChI=1S/C18H24N2O3S2/c1-25(22,23)17-8-12-24-16(17)5-4-14-6-10-20(11-7-14)13-15-3-2-9-19-18(15)21/h2-3,8-9,12,14H,4-7,10-11,13H2,1H3,(H,19,21). The van der Waals surface area contributed by atoms with Crippen molar-refractivity contribution in [1.82, 2.24) is 9.88 Å². The van der Waals surface area contributed by atoms with Gasteiger partial charge in [-0.05, 0) is 62.2 Å². The summed E-state index contributed by atoms with van der Waals surface area (Å²) in [6, 6.07) is 5.47. The highest BCUT2D eigenvalue weighted by Gasteiger charge is 2.21. The molecule has 0 atom stereocenters. The first-order chi connectivity index (χ1) is 11.9. The van der Waals surface area contributed by atoms with Gasteiger partial charge in [0.15, 0.2) is 9.84 Å². The largest absolute Gasteiger partial charge is 0.329 e. The van der Waals surface area contributed by atoms with Crippen LogP contribution < -0.4 is 5.56 Å². The molecule has 25 heavy (non-hydrogen) atoms. The minimum absolute atomic E-state index is 0.00405. The van der Waals surface area contributed by atoms with E-state index < -0.39 is 9.84 Å². The molecule has 1 fully saturated rings. The van der Waals surface area contributed by atoms with Crippen molar-refractivity contribution in [3.8, 4) is 0 Å². The number of aromatic amines is 1. The first kappa shape index (κ1) is 18.4. The second kappa shape index (κ2) is 7.85. The predicted molar refractivity (Wildman–Crippen MR) is 101 cm³/mol. The molecular weight excluding hydrogens is 356 g/mol. The Morgan fingerprint density at radius 2 is 2.04 bits per heavy atom. The third-order valence-electron chi connectivity index (χ3n) is 4.88. The van der Waals surface area contributed by atoms with Crippen LogP contribution in [-0.4, -0.2) is 37.6 Å². The number of rotatable bonds is 6. The van der Waals surface area contributed by atoms with E-state index in [1.807, 2.05) is 17.5 Å². The SMILES string of the molecule is CS(=O)(=O)c1ccsc1CCC1CCN(Cc2ccc[nH]c2=O)CC1. The van der Waals surface area contributed by atoms with Gasteiger partial charge in [-0.15, -0.1) is 11.3 Å². The predicted octanol–water partition coefficient (Wildman–Crippen LogP) is 2.68. The summed E-state index contributed by atoms with van der Waals surface area (Å²) >= 11 is 1.54. The molecule has 0 amide bonds. The normalized spacial score (nSPS) is 17.0. The molecule has 2 aromatic rings. The maximum Gasteiger partial charge on any atom is 0.252 e. The molecule has 5 nitrogen and oxygen atoms in total. The van der Waals surface area contributed by atoms with E-state index in [2.05, 4.69) is 9.88 Å². The van der Waals surface area contributed by atoms with E-state index >= 15 is 0 Å². The fourth-order valence-electron chi connectivity index (χ4n) is 3.43. The summed E-state index contributed by atoms with van der Waals surface area (Å²) in [5, 5.41) is 1.87. The molecule has 3 rings (SSSR count). The van der Waals surface area contributed by atoms with E-state index in [1.54, 1.807) is 23.6 Å². The third-order valence-corrected chi connectivity index (χ3v) is 7.18. The molecule has 136 valence electrons. The molecular formula is C18H24N2O3S2. The molecule has 0 saturated carbocycles. The Kier molecular flexibility index (Phi) is 5.76. The van der Waals surface area contributed by atoms with Crippen LogP contribution in [0.25, 0.3) is 0 Å². The highest BCUT2D eigenvalue weighted by atomic mass is 32.2. The summed E-state index contributed by atoms with van der Waals surface area (Å²) in [4.78, 5) is 18.3. The van der Waals surface area contributed by atoms with Crippen LogP contribution in [0.4, 0.5) is 0 Å². The van der Waals surface area contributed by atoms with Gasteiger partial charge in [-0.2, -0.15) is 0 Å². The molecule has 1 aliphatic heterocycles. The molecule has 0 unspecified atom stereocenters. The van der Waals surface area contributed by atoms with E-state index in [9.17, 15) is 13.2 Å². The van der Waals surface area contributed by atoms with Gasteiger partial charge >= 0.3 is 0 Å². The van der Waals surface area contributed by atoms with Crippen LogP contribution in [0, 0.1) is 5.92 Å². The van der Waals surface area contributed by atoms with E-state index in [1.165, 1.54) is 6.26 Å². The minimum Gasteiger partial charge on any atom is -0.329 e. The van der Waals surface area contributed by atoms with Crippen LogP contribution in [0.1, 0.15) is 29.7 Å². The van der Waals surface area contributed by atoms with Crippen molar-refractivity contribution in [2.24, 2.45) is 5.92 Å². The lowest BCUT2D eigenvalue weighted by Crippen LogP contribution is -2.34. The highest BCUT2D eigenvalue weighted by Crippen LogP contribution is 2.28. The number of thiophene rings is 1.